The van der Waals surface area contributed by atoms with Gasteiger partial charge in [0.1, 0.15) is 18.2 Å². The molecule has 4 rings (SSSR count). The van der Waals surface area contributed by atoms with Crippen LogP contribution in [0.25, 0.3) is 11.0 Å². The van der Waals surface area contributed by atoms with Crippen molar-refractivity contribution >= 4 is 34.1 Å². The minimum absolute atomic E-state index is 0.406. The third-order valence-electron chi connectivity index (χ3n) is 4.87. The fraction of sp³-hybridized carbons (Fsp3) is 0.333. The van der Waals surface area contributed by atoms with Crippen LogP contribution in [-0.4, -0.2) is 21.1 Å². The van der Waals surface area contributed by atoms with Crippen molar-refractivity contribution < 1.29 is 4.74 Å². The first-order valence-electron chi connectivity index (χ1n) is 9.50. The number of thiocarbonyl (C=S) groups is 1. The second kappa shape index (κ2) is 8.39. The number of anilines is 1. The van der Waals surface area contributed by atoms with Crippen molar-refractivity contribution in [2.75, 3.05) is 5.32 Å². The predicted octanol–water partition coefficient (Wildman–Crippen LogP) is 4.76. The first-order chi connectivity index (χ1) is 13.3. The molecule has 1 aromatic heterocycles. The van der Waals surface area contributed by atoms with Crippen molar-refractivity contribution in [1.82, 2.24) is 15.3 Å². The van der Waals surface area contributed by atoms with Crippen LogP contribution in [0.4, 0.5) is 5.69 Å². The molecule has 0 unspecified atom stereocenters. The maximum atomic E-state index is 5.83. The molecule has 0 bridgehead atoms. The Labute approximate surface area is 164 Å². The molecule has 0 saturated heterocycles. The van der Waals surface area contributed by atoms with E-state index in [-0.39, 0.29) is 0 Å². The molecule has 27 heavy (non-hydrogen) atoms. The van der Waals surface area contributed by atoms with E-state index < -0.39 is 0 Å². The molecule has 6 heteroatoms. The number of ether oxygens (including phenoxy) is 1. The zero-order chi connectivity index (χ0) is 18.5. The number of aromatic nitrogens is 2. The Kier molecular flexibility index (Phi) is 5.53. The predicted molar refractivity (Wildman–Crippen MR) is 113 cm³/mol. The highest BCUT2D eigenvalue weighted by Gasteiger charge is 2.13. The van der Waals surface area contributed by atoms with Crippen LogP contribution in [0.3, 0.4) is 0 Å². The quantitative estimate of drug-likeness (QED) is 0.557. The summed E-state index contributed by atoms with van der Waals surface area (Å²) in [4.78, 5) is 7.79. The summed E-state index contributed by atoms with van der Waals surface area (Å²) in [5.41, 5.74) is 2.93. The number of aromatic amines is 1. The summed E-state index contributed by atoms with van der Waals surface area (Å²) in [6.07, 6.45) is 6.33. The Hall–Kier alpha value is -2.60. The highest BCUT2D eigenvalue weighted by molar-refractivity contribution is 7.80. The number of hydrogen-bond acceptors (Lipinski definition) is 3. The van der Waals surface area contributed by atoms with Crippen LogP contribution in [0.15, 0.2) is 48.5 Å². The Balaban J connectivity index is 1.28. The van der Waals surface area contributed by atoms with E-state index in [0.717, 1.165) is 28.3 Å². The van der Waals surface area contributed by atoms with Gasteiger partial charge in [-0.25, -0.2) is 4.98 Å². The smallest absolute Gasteiger partial charge is 0.170 e. The number of para-hydroxylation sites is 2. The molecule has 1 saturated carbocycles. The van der Waals surface area contributed by atoms with Crippen LogP contribution in [-0.2, 0) is 6.61 Å². The monoisotopic (exact) mass is 380 g/mol. The second-order valence-corrected chi connectivity index (χ2v) is 7.36. The van der Waals surface area contributed by atoms with E-state index in [9.17, 15) is 0 Å². The van der Waals surface area contributed by atoms with Gasteiger partial charge in [-0.3, -0.25) is 0 Å². The zero-order valence-corrected chi connectivity index (χ0v) is 16.0. The lowest BCUT2D eigenvalue weighted by Crippen LogP contribution is -2.38. The number of imidazole rings is 1. The van der Waals surface area contributed by atoms with Crippen molar-refractivity contribution in [2.45, 2.75) is 44.8 Å². The van der Waals surface area contributed by atoms with Gasteiger partial charge in [-0.2, -0.15) is 0 Å². The van der Waals surface area contributed by atoms with Gasteiger partial charge in [-0.15, -0.1) is 0 Å². The SMILES string of the molecule is S=C(Nc1ccc(OCc2nc3ccccc3[nH]2)cc1)NC1CCCCC1. The van der Waals surface area contributed by atoms with Crippen LogP contribution < -0.4 is 15.4 Å². The fourth-order valence-corrected chi connectivity index (χ4v) is 3.74. The van der Waals surface area contributed by atoms with Crippen LogP contribution in [0.5, 0.6) is 5.75 Å². The molecule has 3 N–H and O–H groups in total. The topological polar surface area (TPSA) is 62.0 Å². The molecule has 3 aromatic rings. The Morgan fingerprint density at radius 3 is 2.63 bits per heavy atom. The minimum Gasteiger partial charge on any atom is -0.486 e. The van der Waals surface area contributed by atoms with Gasteiger partial charge in [0.2, 0.25) is 0 Å². The maximum Gasteiger partial charge on any atom is 0.170 e. The third kappa shape index (κ3) is 4.77. The summed E-state index contributed by atoms with van der Waals surface area (Å²) in [6.45, 7) is 0.406. The molecule has 1 aliphatic carbocycles. The minimum atomic E-state index is 0.406. The van der Waals surface area contributed by atoms with Gasteiger partial charge in [0.25, 0.3) is 0 Å². The van der Waals surface area contributed by atoms with Crippen molar-refractivity contribution in [3.63, 3.8) is 0 Å². The largest absolute Gasteiger partial charge is 0.486 e. The Bertz CT molecular complexity index is 867. The van der Waals surface area contributed by atoms with E-state index in [0.29, 0.717) is 17.8 Å². The number of nitrogens with one attached hydrogen (secondary N) is 3. The summed E-state index contributed by atoms with van der Waals surface area (Å²) >= 11 is 5.43. The van der Waals surface area contributed by atoms with Gasteiger partial charge in [0.15, 0.2) is 5.11 Å². The number of rotatable bonds is 5. The average Bonchev–Trinajstić information content (AvgIpc) is 3.11. The summed E-state index contributed by atoms with van der Waals surface area (Å²) in [5.74, 6) is 1.61. The molecule has 1 fully saturated rings. The standard InChI is InChI=1S/C21H24N4OS/c27-21(22-15-6-2-1-3-7-15)23-16-10-12-17(13-11-16)26-14-20-24-18-8-4-5-9-19(18)25-20/h4-5,8-13,15H,1-3,6-7,14H2,(H,24,25)(H2,22,23,27). The Morgan fingerprint density at radius 2 is 1.85 bits per heavy atom. The van der Waals surface area contributed by atoms with E-state index in [2.05, 4.69) is 20.6 Å². The molecule has 0 spiro atoms. The molecule has 5 nitrogen and oxygen atoms in total. The first kappa shape index (κ1) is 17.8. The van der Waals surface area contributed by atoms with Gasteiger partial charge in [-0.1, -0.05) is 31.4 Å². The summed E-state index contributed by atoms with van der Waals surface area (Å²) in [7, 11) is 0. The van der Waals surface area contributed by atoms with Crippen LogP contribution in [0, 0.1) is 0 Å². The molecule has 0 radical (unpaired) electrons. The second-order valence-electron chi connectivity index (χ2n) is 6.95. The van der Waals surface area contributed by atoms with Crippen LogP contribution >= 0.6 is 12.2 Å². The van der Waals surface area contributed by atoms with Crippen LogP contribution in [0.2, 0.25) is 0 Å². The molecule has 0 aliphatic heterocycles. The fourth-order valence-electron chi connectivity index (χ4n) is 3.46. The van der Waals surface area contributed by atoms with E-state index >= 15 is 0 Å². The maximum absolute atomic E-state index is 5.83. The van der Waals surface area contributed by atoms with Crippen molar-refractivity contribution in [2.24, 2.45) is 0 Å². The average molecular weight is 381 g/mol. The van der Waals surface area contributed by atoms with Crippen molar-refractivity contribution in [3.8, 4) is 5.75 Å². The third-order valence-corrected chi connectivity index (χ3v) is 5.09. The van der Waals surface area contributed by atoms with Crippen LogP contribution in [0.1, 0.15) is 37.9 Å². The van der Waals surface area contributed by atoms with Gasteiger partial charge >= 0.3 is 0 Å². The summed E-state index contributed by atoms with van der Waals surface area (Å²) < 4.78 is 5.83. The molecule has 1 aliphatic rings. The van der Waals surface area contributed by atoms with Gasteiger partial charge in [0, 0.05) is 11.7 Å². The van der Waals surface area contributed by atoms with E-state index in [1.54, 1.807) is 0 Å². The molecular formula is C21H24N4OS. The Morgan fingerprint density at radius 1 is 1.07 bits per heavy atom. The number of fused-ring (bicyclic) bond motifs is 1. The van der Waals surface area contributed by atoms with Gasteiger partial charge < -0.3 is 20.4 Å². The summed E-state index contributed by atoms with van der Waals surface area (Å²) in [5, 5.41) is 7.36. The normalized spacial score (nSPS) is 14.8. The highest BCUT2D eigenvalue weighted by Crippen LogP contribution is 2.19. The van der Waals surface area contributed by atoms with Crippen molar-refractivity contribution in [1.29, 1.82) is 0 Å². The summed E-state index contributed by atoms with van der Waals surface area (Å²) in [6, 6.07) is 16.3. The molecule has 2 aromatic carbocycles. The number of nitrogens with zero attached hydrogens (tertiary/aromatic N) is 1. The number of H-pyrrole nitrogens is 1. The van der Waals surface area contributed by atoms with E-state index in [1.807, 2.05) is 48.5 Å². The highest BCUT2D eigenvalue weighted by atomic mass is 32.1. The molecule has 0 atom stereocenters. The van der Waals surface area contributed by atoms with E-state index in [4.69, 9.17) is 17.0 Å². The molecule has 1 heterocycles. The first-order valence-corrected chi connectivity index (χ1v) is 9.91. The molecular weight excluding hydrogens is 356 g/mol. The number of hydrogen-bond donors (Lipinski definition) is 3. The number of benzene rings is 2. The molecule has 140 valence electrons. The lowest BCUT2D eigenvalue weighted by atomic mass is 9.96. The zero-order valence-electron chi connectivity index (χ0n) is 15.2. The van der Waals surface area contributed by atoms with Crippen molar-refractivity contribution in [3.05, 3.63) is 54.4 Å². The lowest BCUT2D eigenvalue weighted by Gasteiger charge is -2.24. The van der Waals surface area contributed by atoms with Gasteiger partial charge in [-0.05, 0) is 61.5 Å². The van der Waals surface area contributed by atoms with Gasteiger partial charge in [0.05, 0.1) is 11.0 Å². The molecule has 0 amide bonds. The lowest BCUT2D eigenvalue weighted by molar-refractivity contribution is 0.297. The van der Waals surface area contributed by atoms with E-state index in [1.165, 1.54) is 32.1 Å².